The van der Waals surface area contributed by atoms with Crippen LogP contribution in [0.4, 0.5) is 0 Å². The normalized spacial score (nSPS) is 10.6. The summed E-state index contributed by atoms with van der Waals surface area (Å²) in [5.41, 5.74) is 1.03. The summed E-state index contributed by atoms with van der Waals surface area (Å²) in [6.07, 6.45) is 9.91. The molecule has 0 aromatic carbocycles. The SMILES string of the molecule is CCCCCCc1ccc(-c2ccncn2)s1. The van der Waals surface area contributed by atoms with Gasteiger partial charge in [0.15, 0.2) is 0 Å². The van der Waals surface area contributed by atoms with Crippen LogP contribution in [0.25, 0.3) is 10.6 Å². The second kappa shape index (κ2) is 6.50. The van der Waals surface area contributed by atoms with Gasteiger partial charge in [-0.1, -0.05) is 26.2 Å². The first kappa shape index (κ1) is 12.2. The van der Waals surface area contributed by atoms with E-state index in [9.17, 15) is 0 Å². The lowest BCUT2D eigenvalue weighted by Gasteiger charge is -1.97. The number of rotatable bonds is 6. The topological polar surface area (TPSA) is 25.8 Å². The first-order chi connectivity index (χ1) is 8.40. The number of hydrogen-bond donors (Lipinski definition) is 0. The van der Waals surface area contributed by atoms with Crippen molar-refractivity contribution in [3.63, 3.8) is 0 Å². The molecule has 2 nitrogen and oxygen atoms in total. The van der Waals surface area contributed by atoms with E-state index in [1.165, 1.54) is 41.9 Å². The molecule has 0 fully saturated rings. The van der Waals surface area contributed by atoms with E-state index >= 15 is 0 Å². The van der Waals surface area contributed by atoms with Crippen LogP contribution in [0.5, 0.6) is 0 Å². The third-order valence-corrected chi connectivity index (χ3v) is 3.94. The summed E-state index contributed by atoms with van der Waals surface area (Å²) < 4.78 is 0. The van der Waals surface area contributed by atoms with Gasteiger partial charge in [0, 0.05) is 11.1 Å². The van der Waals surface area contributed by atoms with E-state index < -0.39 is 0 Å². The van der Waals surface area contributed by atoms with Crippen LogP contribution in [-0.2, 0) is 6.42 Å². The molecule has 0 saturated heterocycles. The van der Waals surface area contributed by atoms with E-state index in [2.05, 4.69) is 29.0 Å². The molecule has 2 rings (SSSR count). The number of unbranched alkanes of at least 4 members (excludes halogenated alkanes) is 3. The van der Waals surface area contributed by atoms with Crippen molar-refractivity contribution in [2.75, 3.05) is 0 Å². The third kappa shape index (κ3) is 3.63. The van der Waals surface area contributed by atoms with Gasteiger partial charge in [0.25, 0.3) is 0 Å². The van der Waals surface area contributed by atoms with Crippen LogP contribution in [0.1, 0.15) is 37.5 Å². The Kier molecular flexibility index (Phi) is 4.68. The van der Waals surface area contributed by atoms with Crippen molar-refractivity contribution in [2.45, 2.75) is 39.0 Å². The van der Waals surface area contributed by atoms with Crippen LogP contribution in [0.2, 0.25) is 0 Å². The Morgan fingerprint density at radius 2 is 2.06 bits per heavy atom. The fourth-order valence-electron chi connectivity index (χ4n) is 1.81. The van der Waals surface area contributed by atoms with Gasteiger partial charge in [0.1, 0.15) is 6.33 Å². The van der Waals surface area contributed by atoms with Crippen LogP contribution in [-0.4, -0.2) is 9.97 Å². The van der Waals surface area contributed by atoms with E-state index in [4.69, 9.17) is 0 Å². The van der Waals surface area contributed by atoms with E-state index in [1.807, 2.05) is 17.4 Å². The molecule has 90 valence electrons. The zero-order valence-electron chi connectivity index (χ0n) is 10.2. The molecule has 0 aliphatic heterocycles. The fraction of sp³-hybridized carbons (Fsp3) is 0.429. The molecule has 0 aliphatic carbocycles. The molecule has 2 heterocycles. The smallest absolute Gasteiger partial charge is 0.116 e. The van der Waals surface area contributed by atoms with Gasteiger partial charge >= 0.3 is 0 Å². The van der Waals surface area contributed by atoms with E-state index in [0.717, 1.165) is 5.69 Å². The summed E-state index contributed by atoms with van der Waals surface area (Å²) in [6, 6.07) is 6.36. The van der Waals surface area contributed by atoms with Crippen molar-refractivity contribution in [1.82, 2.24) is 9.97 Å². The van der Waals surface area contributed by atoms with Crippen molar-refractivity contribution in [2.24, 2.45) is 0 Å². The molecule has 0 spiro atoms. The lowest BCUT2D eigenvalue weighted by molar-refractivity contribution is 0.670. The summed E-state index contributed by atoms with van der Waals surface area (Å²) in [4.78, 5) is 10.9. The third-order valence-electron chi connectivity index (χ3n) is 2.77. The number of hydrogen-bond acceptors (Lipinski definition) is 3. The second-order valence-corrected chi connectivity index (χ2v) is 5.34. The van der Waals surface area contributed by atoms with Crippen molar-refractivity contribution in [3.05, 3.63) is 35.6 Å². The van der Waals surface area contributed by atoms with Crippen molar-refractivity contribution < 1.29 is 0 Å². The summed E-state index contributed by atoms with van der Waals surface area (Å²) >= 11 is 1.85. The highest BCUT2D eigenvalue weighted by Crippen LogP contribution is 2.27. The summed E-state index contributed by atoms with van der Waals surface area (Å²) in [6.45, 7) is 2.25. The van der Waals surface area contributed by atoms with Gasteiger partial charge in [0.05, 0.1) is 10.6 Å². The Bertz CT molecular complexity index is 436. The highest BCUT2D eigenvalue weighted by Gasteiger charge is 2.03. The van der Waals surface area contributed by atoms with E-state index in [1.54, 1.807) is 12.5 Å². The lowest BCUT2D eigenvalue weighted by atomic mass is 10.1. The summed E-state index contributed by atoms with van der Waals surface area (Å²) in [7, 11) is 0. The quantitative estimate of drug-likeness (QED) is 0.709. The average molecular weight is 246 g/mol. The van der Waals surface area contributed by atoms with Gasteiger partial charge in [0.2, 0.25) is 0 Å². The maximum atomic E-state index is 4.27. The Morgan fingerprint density at radius 1 is 1.12 bits per heavy atom. The maximum absolute atomic E-state index is 4.27. The molecule has 0 N–H and O–H groups in total. The van der Waals surface area contributed by atoms with Gasteiger partial charge < -0.3 is 0 Å². The van der Waals surface area contributed by atoms with Gasteiger partial charge in [-0.2, -0.15) is 0 Å². The molecule has 17 heavy (non-hydrogen) atoms. The molecule has 0 saturated carbocycles. The average Bonchev–Trinajstić information content (AvgIpc) is 2.85. The van der Waals surface area contributed by atoms with Crippen LogP contribution in [0, 0.1) is 0 Å². The Balaban J connectivity index is 1.92. The molecule has 2 aromatic heterocycles. The first-order valence-corrected chi connectivity index (χ1v) is 7.07. The number of aryl methyl sites for hydroxylation is 1. The van der Waals surface area contributed by atoms with Crippen LogP contribution < -0.4 is 0 Å². The molecule has 0 atom stereocenters. The van der Waals surface area contributed by atoms with Gasteiger partial charge in [-0.25, -0.2) is 9.97 Å². The number of thiophene rings is 1. The largest absolute Gasteiger partial charge is 0.245 e. The summed E-state index contributed by atoms with van der Waals surface area (Å²) in [5.74, 6) is 0. The molecule has 0 bridgehead atoms. The Hall–Kier alpha value is -1.22. The number of aromatic nitrogens is 2. The fourth-order valence-corrected chi connectivity index (χ4v) is 2.84. The van der Waals surface area contributed by atoms with Crippen molar-refractivity contribution in [3.8, 4) is 10.6 Å². The maximum Gasteiger partial charge on any atom is 0.116 e. The zero-order chi connectivity index (χ0) is 11.9. The predicted octanol–water partition coefficient (Wildman–Crippen LogP) is 4.33. The second-order valence-electron chi connectivity index (χ2n) is 4.17. The standard InChI is InChI=1S/C14H18N2S/c1-2-3-4-5-6-12-7-8-14(17-12)13-9-10-15-11-16-13/h7-11H,2-6H2,1H3. The Morgan fingerprint density at radius 3 is 2.82 bits per heavy atom. The van der Waals surface area contributed by atoms with Gasteiger partial charge in [-0.3, -0.25) is 0 Å². The molecule has 0 amide bonds. The van der Waals surface area contributed by atoms with Gasteiger partial charge in [-0.05, 0) is 31.0 Å². The van der Waals surface area contributed by atoms with Crippen molar-refractivity contribution in [1.29, 1.82) is 0 Å². The lowest BCUT2D eigenvalue weighted by Crippen LogP contribution is -1.81. The summed E-state index contributed by atoms with van der Waals surface area (Å²) in [5, 5.41) is 0. The first-order valence-electron chi connectivity index (χ1n) is 6.25. The molecular weight excluding hydrogens is 228 g/mol. The molecule has 0 aliphatic rings. The highest BCUT2D eigenvalue weighted by atomic mass is 32.1. The van der Waals surface area contributed by atoms with Crippen molar-refractivity contribution >= 4 is 11.3 Å². The minimum atomic E-state index is 1.03. The van der Waals surface area contributed by atoms with E-state index in [-0.39, 0.29) is 0 Å². The molecular formula is C14H18N2S. The molecule has 0 unspecified atom stereocenters. The van der Waals surface area contributed by atoms with E-state index in [0.29, 0.717) is 0 Å². The zero-order valence-corrected chi connectivity index (χ0v) is 11.0. The minimum absolute atomic E-state index is 1.03. The van der Waals surface area contributed by atoms with Crippen LogP contribution in [0.3, 0.4) is 0 Å². The monoisotopic (exact) mass is 246 g/mol. The Labute approximate surface area is 107 Å². The molecule has 3 heteroatoms. The predicted molar refractivity (Wildman–Crippen MR) is 73.2 cm³/mol. The minimum Gasteiger partial charge on any atom is -0.245 e. The molecule has 2 aromatic rings. The van der Waals surface area contributed by atoms with Crippen LogP contribution >= 0.6 is 11.3 Å². The molecule has 0 radical (unpaired) electrons. The number of nitrogens with zero attached hydrogens (tertiary/aromatic N) is 2. The van der Waals surface area contributed by atoms with Gasteiger partial charge in [-0.15, -0.1) is 11.3 Å². The highest BCUT2D eigenvalue weighted by molar-refractivity contribution is 7.15. The van der Waals surface area contributed by atoms with Crippen LogP contribution in [0.15, 0.2) is 30.7 Å².